The number of oxime groups is 1. The Balaban J connectivity index is 2.87. The minimum Gasteiger partial charge on any atom is -0.409 e. The fourth-order valence-corrected chi connectivity index (χ4v) is 2.98. The molecule has 0 bridgehead atoms. The molecule has 0 fully saturated rings. The number of nitrogens with zero attached hydrogens (tertiary/aromatic N) is 2. The number of rotatable bonds is 7. The largest absolute Gasteiger partial charge is 0.409 e. The molecule has 1 aromatic carbocycles. The van der Waals surface area contributed by atoms with E-state index in [0.717, 1.165) is 29.8 Å². The molecule has 0 aromatic heterocycles. The van der Waals surface area contributed by atoms with Gasteiger partial charge in [-0.15, -0.1) is 0 Å². The van der Waals surface area contributed by atoms with Crippen LogP contribution in [0.2, 0.25) is 0 Å². The number of nitrogens with two attached hydrogens (primary N) is 1. The van der Waals surface area contributed by atoms with Gasteiger partial charge in [-0.1, -0.05) is 36.3 Å². The molecular weight excluding hydrogens is 258 g/mol. The molecule has 0 heterocycles. The second kappa shape index (κ2) is 8.07. The van der Waals surface area contributed by atoms with Crippen molar-refractivity contribution in [2.75, 3.05) is 19.1 Å². The number of thioether (sulfide) groups is 1. The number of amidine groups is 1. The minimum absolute atomic E-state index is 0.168. The molecule has 0 radical (unpaired) electrons. The van der Waals surface area contributed by atoms with Gasteiger partial charge in [0.2, 0.25) is 0 Å². The third kappa shape index (κ3) is 4.44. The molecule has 5 heteroatoms. The Morgan fingerprint density at radius 1 is 1.47 bits per heavy atom. The van der Waals surface area contributed by atoms with Crippen LogP contribution >= 0.6 is 11.8 Å². The van der Waals surface area contributed by atoms with Gasteiger partial charge in [0.25, 0.3) is 0 Å². The predicted molar refractivity (Wildman–Crippen MR) is 82.9 cm³/mol. The summed E-state index contributed by atoms with van der Waals surface area (Å²) in [6.07, 6.45) is 3.24. The first-order valence-electron chi connectivity index (χ1n) is 6.39. The van der Waals surface area contributed by atoms with Crippen LogP contribution in [-0.4, -0.2) is 41.0 Å². The maximum Gasteiger partial charge on any atom is 0.170 e. The van der Waals surface area contributed by atoms with Crippen molar-refractivity contribution in [1.29, 1.82) is 0 Å². The van der Waals surface area contributed by atoms with Gasteiger partial charge in [-0.25, -0.2) is 0 Å². The molecule has 1 unspecified atom stereocenters. The van der Waals surface area contributed by atoms with E-state index in [9.17, 15) is 0 Å². The van der Waals surface area contributed by atoms with E-state index in [1.807, 2.05) is 36.0 Å². The van der Waals surface area contributed by atoms with E-state index in [0.29, 0.717) is 6.04 Å². The molecule has 1 rings (SSSR count). The van der Waals surface area contributed by atoms with Crippen LogP contribution in [-0.2, 0) is 6.54 Å². The van der Waals surface area contributed by atoms with Crippen molar-refractivity contribution in [1.82, 2.24) is 4.90 Å². The predicted octanol–water partition coefficient (Wildman–Crippen LogP) is 2.35. The smallest absolute Gasteiger partial charge is 0.170 e. The highest BCUT2D eigenvalue weighted by molar-refractivity contribution is 7.98. The van der Waals surface area contributed by atoms with E-state index in [1.54, 1.807) is 0 Å². The number of benzene rings is 1. The molecule has 0 spiro atoms. The van der Waals surface area contributed by atoms with E-state index in [1.165, 1.54) is 0 Å². The zero-order valence-corrected chi connectivity index (χ0v) is 12.7. The molecule has 0 aliphatic heterocycles. The van der Waals surface area contributed by atoms with Gasteiger partial charge in [-0.2, -0.15) is 11.8 Å². The van der Waals surface area contributed by atoms with E-state index in [2.05, 4.69) is 30.3 Å². The highest BCUT2D eigenvalue weighted by Crippen LogP contribution is 2.15. The maximum atomic E-state index is 8.83. The SMILES string of the molecule is CCC(CSC)N(C)Cc1ccccc1/C(N)=N/O. The van der Waals surface area contributed by atoms with Crippen molar-refractivity contribution in [3.8, 4) is 0 Å². The normalized spacial score (nSPS) is 13.8. The molecule has 0 aliphatic rings. The summed E-state index contributed by atoms with van der Waals surface area (Å²) < 4.78 is 0. The summed E-state index contributed by atoms with van der Waals surface area (Å²) in [6.45, 7) is 3.00. The summed E-state index contributed by atoms with van der Waals surface area (Å²) in [5, 5.41) is 11.9. The fourth-order valence-electron chi connectivity index (χ4n) is 2.11. The lowest BCUT2D eigenvalue weighted by atomic mass is 10.1. The van der Waals surface area contributed by atoms with E-state index < -0.39 is 0 Å². The maximum absolute atomic E-state index is 8.83. The summed E-state index contributed by atoms with van der Waals surface area (Å²) >= 11 is 1.86. The zero-order chi connectivity index (χ0) is 14.3. The Bertz CT molecular complexity index is 423. The van der Waals surface area contributed by atoms with Crippen molar-refractivity contribution < 1.29 is 5.21 Å². The summed E-state index contributed by atoms with van der Waals surface area (Å²) in [4.78, 5) is 2.32. The highest BCUT2D eigenvalue weighted by atomic mass is 32.2. The second-order valence-electron chi connectivity index (χ2n) is 4.57. The molecule has 1 aromatic rings. The Morgan fingerprint density at radius 2 is 2.16 bits per heavy atom. The van der Waals surface area contributed by atoms with Crippen LogP contribution in [0.15, 0.2) is 29.4 Å². The molecule has 4 nitrogen and oxygen atoms in total. The molecule has 1 atom stereocenters. The Hall–Kier alpha value is -1.20. The molecule has 0 saturated carbocycles. The van der Waals surface area contributed by atoms with Crippen LogP contribution < -0.4 is 5.73 Å². The van der Waals surface area contributed by atoms with Crippen LogP contribution in [0, 0.1) is 0 Å². The minimum atomic E-state index is 0.168. The molecule has 3 N–H and O–H groups in total. The number of hydrogen-bond acceptors (Lipinski definition) is 4. The first kappa shape index (κ1) is 15.9. The Kier molecular flexibility index (Phi) is 6.73. The third-order valence-corrected chi connectivity index (χ3v) is 3.99. The summed E-state index contributed by atoms with van der Waals surface area (Å²) in [7, 11) is 2.12. The summed E-state index contributed by atoms with van der Waals surface area (Å²) in [5.41, 5.74) is 7.60. The zero-order valence-electron chi connectivity index (χ0n) is 11.8. The van der Waals surface area contributed by atoms with Gasteiger partial charge in [-0.05, 0) is 25.3 Å². The lowest BCUT2D eigenvalue weighted by molar-refractivity contribution is 0.247. The summed E-state index contributed by atoms with van der Waals surface area (Å²) in [6, 6.07) is 8.32. The average Bonchev–Trinajstić information content (AvgIpc) is 2.44. The quantitative estimate of drug-likeness (QED) is 0.348. The van der Waals surface area contributed by atoms with Crippen LogP contribution in [0.4, 0.5) is 0 Å². The van der Waals surface area contributed by atoms with E-state index in [4.69, 9.17) is 10.9 Å². The van der Waals surface area contributed by atoms with E-state index in [-0.39, 0.29) is 5.84 Å². The standard InChI is InChI=1S/C14H23N3OS/c1-4-12(10-19-3)17(2)9-11-7-5-6-8-13(11)14(15)16-18/h5-8,12,18H,4,9-10H2,1-3H3,(H2,15,16). The van der Waals surface area contributed by atoms with Crippen molar-refractivity contribution in [2.45, 2.75) is 25.9 Å². The van der Waals surface area contributed by atoms with Gasteiger partial charge in [-0.3, -0.25) is 4.90 Å². The van der Waals surface area contributed by atoms with Gasteiger partial charge in [0.15, 0.2) is 5.84 Å². The van der Waals surface area contributed by atoms with Gasteiger partial charge >= 0.3 is 0 Å². The van der Waals surface area contributed by atoms with Crippen molar-refractivity contribution in [3.05, 3.63) is 35.4 Å². The van der Waals surface area contributed by atoms with Gasteiger partial charge in [0.05, 0.1) is 0 Å². The van der Waals surface area contributed by atoms with Crippen molar-refractivity contribution in [3.63, 3.8) is 0 Å². The van der Waals surface area contributed by atoms with Gasteiger partial charge < -0.3 is 10.9 Å². The monoisotopic (exact) mass is 281 g/mol. The highest BCUT2D eigenvalue weighted by Gasteiger charge is 2.14. The van der Waals surface area contributed by atoms with Crippen LogP contribution in [0.1, 0.15) is 24.5 Å². The van der Waals surface area contributed by atoms with Crippen LogP contribution in [0.3, 0.4) is 0 Å². The Morgan fingerprint density at radius 3 is 2.74 bits per heavy atom. The van der Waals surface area contributed by atoms with Crippen LogP contribution in [0.25, 0.3) is 0 Å². The Labute approximate surface area is 119 Å². The topological polar surface area (TPSA) is 61.8 Å². The third-order valence-electron chi connectivity index (χ3n) is 3.27. The van der Waals surface area contributed by atoms with Gasteiger partial charge in [0, 0.05) is 23.9 Å². The lowest BCUT2D eigenvalue weighted by Crippen LogP contribution is -2.33. The fraction of sp³-hybridized carbons (Fsp3) is 0.500. The second-order valence-corrected chi connectivity index (χ2v) is 5.49. The van der Waals surface area contributed by atoms with E-state index >= 15 is 0 Å². The van der Waals surface area contributed by atoms with Gasteiger partial charge in [0.1, 0.15) is 0 Å². The molecular formula is C14H23N3OS. The average molecular weight is 281 g/mol. The van der Waals surface area contributed by atoms with Crippen molar-refractivity contribution in [2.24, 2.45) is 10.9 Å². The summed E-state index contributed by atoms with van der Waals surface area (Å²) in [5.74, 6) is 1.28. The first-order chi connectivity index (χ1) is 9.13. The van der Waals surface area contributed by atoms with Crippen LogP contribution in [0.5, 0.6) is 0 Å². The molecule has 0 amide bonds. The number of hydrogen-bond donors (Lipinski definition) is 2. The molecule has 19 heavy (non-hydrogen) atoms. The molecule has 106 valence electrons. The molecule has 0 saturated heterocycles. The first-order valence-corrected chi connectivity index (χ1v) is 7.78. The van der Waals surface area contributed by atoms with Crippen molar-refractivity contribution >= 4 is 17.6 Å². The molecule has 0 aliphatic carbocycles. The lowest BCUT2D eigenvalue weighted by Gasteiger charge is -2.27.